The van der Waals surface area contributed by atoms with E-state index in [-0.39, 0.29) is 18.9 Å². The van der Waals surface area contributed by atoms with Gasteiger partial charge in [-0.05, 0) is 34.5 Å². The first kappa shape index (κ1) is 16.4. The highest BCUT2D eigenvalue weighted by Gasteiger charge is 2.04. The SMILES string of the molecule is O=C(O)CCCOc1ccc(CNC(=O)Cn2cnnn2)cc1. The van der Waals surface area contributed by atoms with E-state index in [1.165, 1.54) is 11.0 Å². The molecule has 9 heteroatoms. The van der Waals surface area contributed by atoms with Crippen molar-refractivity contribution < 1.29 is 19.4 Å². The molecule has 1 heterocycles. The number of carbonyl (C=O) groups excluding carboxylic acids is 1. The van der Waals surface area contributed by atoms with Crippen molar-refractivity contribution >= 4 is 11.9 Å². The monoisotopic (exact) mass is 319 g/mol. The molecule has 1 aromatic carbocycles. The molecule has 0 aliphatic heterocycles. The van der Waals surface area contributed by atoms with Crippen LogP contribution in [0.1, 0.15) is 18.4 Å². The molecule has 0 aliphatic rings. The summed E-state index contributed by atoms with van der Waals surface area (Å²) in [6.45, 7) is 0.812. The number of rotatable bonds is 9. The Morgan fingerprint density at radius 3 is 2.70 bits per heavy atom. The maximum absolute atomic E-state index is 11.7. The Labute approximate surface area is 132 Å². The highest BCUT2D eigenvalue weighted by molar-refractivity contribution is 5.75. The number of aliphatic carboxylic acids is 1. The van der Waals surface area contributed by atoms with Gasteiger partial charge in [0.2, 0.25) is 5.91 Å². The molecule has 0 radical (unpaired) electrons. The average molecular weight is 319 g/mol. The minimum absolute atomic E-state index is 0.0672. The minimum atomic E-state index is -0.832. The molecule has 2 aromatic rings. The van der Waals surface area contributed by atoms with E-state index >= 15 is 0 Å². The van der Waals surface area contributed by atoms with Crippen LogP contribution in [0.2, 0.25) is 0 Å². The summed E-state index contributed by atoms with van der Waals surface area (Å²) >= 11 is 0. The second-order valence-corrected chi connectivity index (χ2v) is 4.77. The molecule has 2 N–H and O–H groups in total. The van der Waals surface area contributed by atoms with Crippen molar-refractivity contribution in [3.63, 3.8) is 0 Å². The number of nitrogens with one attached hydrogen (secondary N) is 1. The zero-order valence-corrected chi connectivity index (χ0v) is 12.4. The third-order valence-corrected chi connectivity index (χ3v) is 2.91. The van der Waals surface area contributed by atoms with Crippen molar-refractivity contribution in [2.45, 2.75) is 25.9 Å². The molecule has 0 atom stereocenters. The largest absolute Gasteiger partial charge is 0.494 e. The van der Waals surface area contributed by atoms with E-state index in [9.17, 15) is 9.59 Å². The molecule has 23 heavy (non-hydrogen) atoms. The van der Waals surface area contributed by atoms with Crippen molar-refractivity contribution in [2.75, 3.05) is 6.61 Å². The Balaban J connectivity index is 1.70. The highest BCUT2D eigenvalue weighted by atomic mass is 16.5. The normalized spacial score (nSPS) is 10.3. The topological polar surface area (TPSA) is 119 Å². The summed E-state index contributed by atoms with van der Waals surface area (Å²) in [5.74, 6) is -0.355. The summed E-state index contributed by atoms with van der Waals surface area (Å²) in [6.07, 6.45) is 1.92. The van der Waals surface area contributed by atoms with Gasteiger partial charge in [0.05, 0.1) is 6.61 Å². The molecule has 1 amide bonds. The van der Waals surface area contributed by atoms with E-state index in [0.717, 1.165) is 5.56 Å². The zero-order chi connectivity index (χ0) is 16.5. The Kier molecular flexibility index (Phi) is 6.04. The fourth-order valence-electron chi connectivity index (χ4n) is 1.77. The van der Waals surface area contributed by atoms with Crippen molar-refractivity contribution in [1.29, 1.82) is 0 Å². The quantitative estimate of drug-likeness (QED) is 0.635. The standard InChI is InChI=1S/C14H17N5O4/c20-13(9-19-10-16-17-18-19)15-8-11-3-5-12(6-4-11)23-7-1-2-14(21)22/h3-6,10H,1-2,7-9H2,(H,15,20)(H,21,22). The molecule has 1 aromatic heterocycles. The molecule has 0 saturated carbocycles. The van der Waals surface area contributed by atoms with E-state index in [4.69, 9.17) is 9.84 Å². The number of hydrogen-bond donors (Lipinski definition) is 2. The molecular weight excluding hydrogens is 302 g/mol. The predicted octanol–water partition coefficient (Wildman–Crippen LogP) is 0.233. The number of ether oxygens (including phenoxy) is 1. The zero-order valence-electron chi connectivity index (χ0n) is 12.4. The van der Waals surface area contributed by atoms with Crippen molar-refractivity contribution in [1.82, 2.24) is 25.5 Å². The minimum Gasteiger partial charge on any atom is -0.494 e. The van der Waals surface area contributed by atoms with Crippen LogP contribution in [0.25, 0.3) is 0 Å². The Morgan fingerprint density at radius 1 is 1.26 bits per heavy atom. The fraction of sp³-hybridized carbons (Fsp3) is 0.357. The molecule has 0 saturated heterocycles. The molecule has 0 aliphatic carbocycles. The van der Waals surface area contributed by atoms with Gasteiger partial charge in [0, 0.05) is 13.0 Å². The van der Waals surface area contributed by atoms with E-state index in [1.54, 1.807) is 12.1 Å². The van der Waals surface area contributed by atoms with Gasteiger partial charge in [-0.25, -0.2) is 4.68 Å². The summed E-state index contributed by atoms with van der Waals surface area (Å²) in [5.41, 5.74) is 0.924. The predicted molar refractivity (Wildman–Crippen MR) is 78.5 cm³/mol. The molecule has 0 unspecified atom stereocenters. The van der Waals surface area contributed by atoms with Crippen LogP contribution < -0.4 is 10.1 Å². The number of hydrogen-bond acceptors (Lipinski definition) is 6. The highest BCUT2D eigenvalue weighted by Crippen LogP contribution is 2.12. The van der Waals surface area contributed by atoms with Gasteiger partial charge in [-0.1, -0.05) is 12.1 Å². The number of amides is 1. The second-order valence-electron chi connectivity index (χ2n) is 4.77. The molecule has 2 rings (SSSR count). The number of carboxylic acid groups (broad SMARTS) is 1. The number of nitrogens with zero attached hydrogens (tertiary/aromatic N) is 4. The lowest BCUT2D eigenvalue weighted by Gasteiger charge is -2.08. The number of carboxylic acids is 1. The summed E-state index contributed by atoms with van der Waals surface area (Å²) in [7, 11) is 0. The fourth-order valence-corrected chi connectivity index (χ4v) is 1.77. The van der Waals surface area contributed by atoms with Gasteiger partial charge < -0.3 is 15.2 Å². The lowest BCUT2D eigenvalue weighted by atomic mass is 10.2. The Morgan fingerprint density at radius 2 is 2.04 bits per heavy atom. The number of aromatic nitrogens is 4. The number of carbonyl (C=O) groups is 2. The molecular formula is C14H17N5O4. The lowest BCUT2D eigenvalue weighted by Crippen LogP contribution is -2.27. The van der Waals surface area contributed by atoms with Gasteiger partial charge >= 0.3 is 5.97 Å². The number of benzene rings is 1. The maximum Gasteiger partial charge on any atom is 0.303 e. The van der Waals surface area contributed by atoms with Crippen LogP contribution in [0, 0.1) is 0 Å². The van der Waals surface area contributed by atoms with Gasteiger partial charge in [0.1, 0.15) is 18.6 Å². The first-order valence-electron chi connectivity index (χ1n) is 7.04. The van der Waals surface area contributed by atoms with Crippen LogP contribution >= 0.6 is 0 Å². The van der Waals surface area contributed by atoms with Crippen LogP contribution in [0.15, 0.2) is 30.6 Å². The summed E-state index contributed by atoms with van der Waals surface area (Å²) in [5, 5.41) is 21.8. The molecule has 0 fully saturated rings. The van der Waals surface area contributed by atoms with Crippen LogP contribution in [-0.4, -0.2) is 43.8 Å². The van der Waals surface area contributed by atoms with Gasteiger partial charge in [-0.3, -0.25) is 9.59 Å². The smallest absolute Gasteiger partial charge is 0.303 e. The second kappa shape index (κ2) is 8.47. The first-order valence-corrected chi connectivity index (χ1v) is 7.04. The van der Waals surface area contributed by atoms with Gasteiger partial charge in [0.25, 0.3) is 0 Å². The van der Waals surface area contributed by atoms with Crippen molar-refractivity contribution in [2.24, 2.45) is 0 Å². The summed E-state index contributed by atoms with van der Waals surface area (Å²) in [6, 6.07) is 7.24. The van der Waals surface area contributed by atoms with Crippen LogP contribution in [0.5, 0.6) is 5.75 Å². The summed E-state index contributed by atoms with van der Waals surface area (Å²) in [4.78, 5) is 22.1. The Hall–Kier alpha value is -2.97. The van der Waals surface area contributed by atoms with Gasteiger partial charge in [0.15, 0.2) is 0 Å². The van der Waals surface area contributed by atoms with Gasteiger partial charge in [-0.15, -0.1) is 5.10 Å². The van der Waals surface area contributed by atoms with E-state index < -0.39 is 5.97 Å². The van der Waals surface area contributed by atoms with E-state index in [2.05, 4.69) is 20.8 Å². The van der Waals surface area contributed by atoms with E-state index in [0.29, 0.717) is 25.3 Å². The van der Waals surface area contributed by atoms with Crippen LogP contribution in [0.4, 0.5) is 0 Å². The molecule has 122 valence electrons. The average Bonchev–Trinajstić information content (AvgIpc) is 3.03. The Bertz CT molecular complexity index is 627. The van der Waals surface area contributed by atoms with Gasteiger partial charge in [-0.2, -0.15) is 0 Å². The number of tetrazole rings is 1. The molecule has 9 nitrogen and oxygen atoms in total. The molecule has 0 bridgehead atoms. The third kappa shape index (κ3) is 6.12. The van der Waals surface area contributed by atoms with Crippen molar-refractivity contribution in [3.05, 3.63) is 36.2 Å². The van der Waals surface area contributed by atoms with Crippen LogP contribution in [-0.2, 0) is 22.7 Å². The molecule has 0 spiro atoms. The van der Waals surface area contributed by atoms with Crippen molar-refractivity contribution in [3.8, 4) is 5.75 Å². The summed E-state index contributed by atoms with van der Waals surface area (Å²) < 4.78 is 6.77. The lowest BCUT2D eigenvalue weighted by molar-refractivity contribution is -0.137. The van der Waals surface area contributed by atoms with E-state index in [1.807, 2.05) is 12.1 Å². The third-order valence-electron chi connectivity index (χ3n) is 2.91. The first-order chi connectivity index (χ1) is 11.1. The van der Waals surface area contributed by atoms with Crippen LogP contribution in [0.3, 0.4) is 0 Å². The maximum atomic E-state index is 11.7.